The summed E-state index contributed by atoms with van der Waals surface area (Å²) in [5, 5.41) is 3.76. The molecular weight excluding hydrogens is 260 g/mol. The Balaban J connectivity index is 2.18. The molecule has 1 aromatic heterocycles. The fourth-order valence-corrected chi connectivity index (χ4v) is 1.69. The average molecular weight is 274 g/mol. The van der Waals surface area contributed by atoms with Crippen molar-refractivity contribution in [3.05, 3.63) is 41.6 Å². The van der Waals surface area contributed by atoms with E-state index in [9.17, 15) is 9.59 Å². The maximum Gasteiger partial charge on any atom is 0.420 e. The van der Waals surface area contributed by atoms with Gasteiger partial charge < -0.3 is 9.25 Å². The molecule has 1 aliphatic carbocycles. The quantitative estimate of drug-likeness (QED) is 0.480. The van der Waals surface area contributed by atoms with Gasteiger partial charge in [-0.15, -0.1) is 0 Å². The van der Waals surface area contributed by atoms with E-state index in [1.54, 1.807) is 13.0 Å². The highest BCUT2D eigenvalue weighted by Crippen LogP contribution is 2.19. The van der Waals surface area contributed by atoms with E-state index in [2.05, 4.69) is 10.1 Å². The standard InChI is InChI=1S/C14H14N2O4/c1-8(2)10-7-11(9(3)6-12(10)17)16-20-14(18)13-15-4-5-19-13/h4-8H,1-3H3/b16-11-. The van der Waals surface area contributed by atoms with E-state index < -0.39 is 5.97 Å². The third kappa shape index (κ3) is 2.90. The number of carbonyl (C=O) groups excluding carboxylic acids is 2. The molecule has 0 radical (unpaired) electrons. The zero-order chi connectivity index (χ0) is 14.7. The lowest BCUT2D eigenvalue weighted by Crippen LogP contribution is -2.16. The van der Waals surface area contributed by atoms with Crippen LogP contribution in [0.1, 0.15) is 31.5 Å². The highest BCUT2D eigenvalue weighted by atomic mass is 16.7. The van der Waals surface area contributed by atoms with Crippen molar-refractivity contribution in [1.29, 1.82) is 0 Å². The second-order valence-corrected chi connectivity index (χ2v) is 4.64. The molecule has 1 aromatic rings. The predicted octanol–water partition coefficient (Wildman–Crippen LogP) is 2.30. The number of hydrogen-bond donors (Lipinski definition) is 0. The van der Waals surface area contributed by atoms with Crippen molar-refractivity contribution in [3.63, 3.8) is 0 Å². The van der Waals surface area contributed by atoms with Crippen LogP contribution in [-0.2, 0) is 9.63 Å². The van der Waals surface area contributed by atoms with Crippen LogP contribution >= 0.6 is 0 Å². The monoisotopic (exact) mass is 274 g/mol. The van der Waals surface area contributed by atoms with Crippen LogP contribution in [-0.4, -0.2) is 22.4 Å². The number of carbonyl (C=O) groups is 2. The van der Waals surface area contributed by atoms with Crippen molar-refractivity contribution >= 4 is 17.5 Å². The summed E-state index contributed by atoms with van der Waals surface area (Å²) in [5.41, 5.74) is 1.70. The molecule has 20 heavy (non-hydrogen) atoms. The lowest BCUT2D eigenvalue weighted by atomic mass is 9.90. The fraction of sp³-hybridized carbons (Fsp3) is 0.286. The Hall–Kier alpha value is -2.50. The van der Waals surface area contributed by atoms with Crippen molar-refractivity contribution in [2.24, 2.45) is 11.1 Å². The van der Waals surface area contributed by atoms with E-state index >= 15 is 0 Å². The summed E-state index contributed by atoms with van der Waals surface area (Å²) in [6, 6.07) is 0. The molecular formula is C14H14N2O4. The van der Waals surface area contributed by atoms with Gasteiger partial charge in [-0.05, 0) is 30.6 Å². The lowest BCUT2D eigenvalue weighted by Gasteiger charge is -2.14. The molecule has 0 unspecified atom stereocenters. The molecule has 0 saturated heterocycles. The van der Waals surface area contributed by atoms with Crippen molar-refractivity contribution in [3.8, 4) is 0 Å². The molecule has 0 aliphatic heterocycles. The lowest BCUT2D eigenvalue weighted by molar-refractivity contribution is -0.111. The highest BCUT2D eigenvalue weighted by Gasteiger charge is 2.20. The van der Waals surface area contributed by atoms with Gasteiger partial charge in [0.15, 0.2) is 5.78 Å². The molecule has 6 heteroatoms. The van der Waals surface area contributed by atoms with Gasteiger partial charge in [0.1, 0.15) is 12.0 Å². The summed E-state index contributed by atoms with van der Waals surface area (Å²) in [6.07, 6.45) is 5.72. The predicted molar refractivity (Wildman–Crippen MR) is 71.0 cm³/mol. The first-order valence-corrected chi connectivity index (χ1v) is 6.12. The van der Waals surface area contributed by atoms with E-state index in [4.69, 9.17) is 9.25 Å². The van der Waals surface area contributed by atoms with Crippen molar-refractivity contribution < 1.29 is 18.8 Å². The van der Waals surface area contributed by atoms with E-state index in [1.165, 1.54) is 18.5 Å². The topological polar surface area (TPSA) is 81.8 Å². The zero-order valence-corrected chi connectivity index (χ0v) is 11.4. The largest absolute Gasteiger partial charge is 0.440 e. The zero-order valence-electron chi connectivity index (χ0n) is 11.4. The van der Waals surface area contributed by atoms with Gasteiger partial charge in [0.2, 0.25) is 0 Å². The smallest absolute Gasteiger partial charge is 0.420 e. The molecule has 0 bridgehead atoms. The van der Waals surface area contributed by atoms with E-state index in [0.29, 0.717) is 16.9 Å². The number of rotatable bonds is 3. The minimum atomic E-state index is -0.785. The van der Waals surface area contributed by atoms with Crippen LogP contribution in [0.25, 0.3) is 0 Å². The first-order chi connectivity index (χ1) is 9.49. The summed E-state index contributed by atoms with van der Waals surface area (Å²) in [5.74, 6) is -0.933. The van der Waals surface area contributed by atoms with Gasteiger partial charge in [-0.25, -0.2) is 9.78 Å². The summed E-state index contributed by atoms with van der Waals surface area (Å²) < 4.78 is 4.80. The van der Waals surface area contributed by atoms with Gasteiger partial charge in [0, 0.05) is 5.57 Å². The van der Waals surface area contributed by atoms with E-state index in [-0.39, 0.29) is 17.6 Å². The molecule has 0 atom stereocenters. The molecule has 6 nitrogen and oxygen atoms in total. The molecule has 0 aromatic carbocycles. The minimum absolute atomic E-state index is 0.0459. The van der Waals surface area contributed by atoms with Gasteiger partial charge in [-0.3, -0.25) is 4.79 Å². The van der Waals surface area contributed by atoms with Gasteiger partial charge in [-0.1, -0.05) is 19.0 Å². The van der Waals surface area contributed by atoms with Crippen LogP contribution in [0.15, 0.2) is 45.3 Å². The highest BCUT2D eigenvalue weighted by molar-refractivity contribution is 6.21. The molecule has 1 heterocycles. The Labute approximate surface area is 115 Å². The van der Waals surface area contributed by atoms with Crippen LogP contribution in [0.4, 0.5) is 0 Å². The van der Waals surface area contributed by atoms with E-state index in [1.807, 2.05) is 13.8 Å². The van der Waals surface area contributed by atoms with Gasteiger partial charge >= 0.3 is 11.9 Å². The number of nitrogens with zero attached hydrogens (tertiary/aromatic N) is 2. The van der Waals surface area contributed by atoms with Crippen LogP contribution in [0.5, 0.6) is 0 Å². The Kier molecular flexibility index (Phi) is 3.93. The fourth-order valence-electron chi connectivity index (χ4n) is 1.69. The van der Waals surface area contributed by atoms with Crippen molar-refractivity contribution in [2.75, 3.05) is 0 Å². The van der Waals surface area contributed by atoms with Crippen LogP contribution < -0.4 is 0 Å². The molecule has 104 valence electrons. The summed E-state index contributed by atoms with van der Waals surface area (Å²) in [4.78, 5) is 31.7. The molecule has 0 amide bonds. The number of ketones is 1. The summed E-state index contributed by atoms with van der Waals surface area (Å²) in [7, 11) is 0. The molecule has 0 fully saturated rings. The van der Waals surface area contributed by atoms with E-state index in [0.717, 1.165) is 0 Å². The average Bonchev–Trinajstić information content (AvgIpc) is 2.90. The van der Waals surface area contributed by atoms with Gasteiger partial charge in [0.25, 0.3) is 0 Å². The second-order valence-electron chi connectivity index (χ2n) is 4.64. The summed E-state index contributed by atoms with van der Waals surface area (Å²) in [6.45, 7) is 5.55. The first kappa shape index (κ1) is 13.9. The number of hydrogen-bond acceptors (Lipinski definition) is 6. The first-order valence-electron chi connectivity index (χ1n) is 6.12. The molecule has 0 spiro atoms. The third-order valence-corrected chi connectivity index (χ3v) is 2.78. The van der Waals surface area contributed by atoms with Gasteiger partial charge in [0.05, 0.1) is 6.20 Å². The maximum atomic E-state index is 11.8. The minimum Gasteiger partial charge on any atom is -0.440 e. The number of oxime groups is 1. The SMILES string of the molecule is CC1=CC(=O)C(C(C)C)=C/C1=N/OC(=O)c1ncco1. The Morgan fingerprint density at radius 3 is 2.75 bits per heavy atom. The van der Waals surface area contributed by atoms with Gasteiger partial charge in [-0.2, -0.15) is 0 Å². The Bertz CT molecular complexity index is 622. The number of oxazole rings is 1. The molecule has 0 saturated carbocycles. The van der Waals surface area contributed by atoms with Crippen molar-refractivity contribution in [1.82, 2.24) is 4.98 Å². The number of allylic oxidation sites excluding steroid dienone is 4. The molecule has 2 rings (SSSR count). The molecule has 0 N–H and O–H groups in total. The van der Waals surface area contributed by atoms with Crippen LogP contribution in [0, 0.1) is 5.92 Å². The van der Waals surface area contributed by atoms with Crippen LogP contribution in [0.2, 0.25) is 0 Å². The third-order valence-electron chi connectivity index (χ3n) is 2.78. The Morgan fingerprint density at radius 2 is 2.15 bits per heavy atom. The van der Waals surface area contributed by atoms with Crippen LogP contribution in [0.3, 0.4) is 0 Å². The maximum absolute atomic E-state index is 11.8. The normalized spacial score (nSPS) is 17.2. The number of aromatic nitrogens is 1. The second kappa shape index (κ2) is 5.64. The Morgan fingerprint density at radius 1 is 1.40 bits per heavy atom. The summed E-state index contributed by atoms with van der Waals surface area (Å²) >= 11 is 0. The van der Waals surface area contributed by atoms with Crippen molar-refractivity contribution in [2.45, 2.75) is 20.8 Å². The molecule has 1 aliphatic rings.